The van der Waals surface area contributed by atoms with Crippen LogP contribution in [-0.4, -0.2) is 28.5 Å². The third-order valence-electron chi connectivity index (χ3n) is 1.35. The molecule has 6 heteroatoms. The molecule has 0 amide bonds. The van der Waals surface area contributed by atoms with E-state index in [1.54, 1.807) is 19.9 Å². The molecule has 0 aliphatic heterocycles. The monoisotopic (exact) mass is 228 g/mol. The predicted octanol–water partition coefficient (Wildman–Crippen LogP) is 1.59. The van der Waals surface area contributed by atoms with Crippen LogP contribution in [0.1, 0.15) is 12.8 Å². The molecule has 1 aromatic heterocycles. The second kappa shape index (κ2) is 6.23. The minimum atomic E-state index is -0.334. The van der Waals surface area contributed by atoms with Gasteiger partial charge in [0.15, 0.2) is 0 Å². The highest BCUT2D eigenvalue weighted by molar-refractivity contribution is 7.99. The Kier molecular flexibility index (Phi) is 4.89. The molecule has 0 fully saturated rings. The maximum atomic E-state index is 10.9. The summed E-state index contributed by atoms with van der Waals surface area (Å²) in [7, 11) is 0. The van der Waals surface area contributed by atoms with E-state index in [1.165, 1.54) is 17.8 Å². The normalized spacial score (nSPS) is 10.8. The highest BCUT2D eigenvalue weighted by Gasteiger charge is 2.00. The molecule has 0 saturated heterocycles. The number of aromatic nitrogens is 2. The number of carbonyl (C=O) groups is 1. The highest BCUT2D eigenvalue weighted by atomic mass is 32.2. The first-order valence-electron chi connectivity index (χ1n) is 4.48. The molecule has 1 heterocycles. The Morgan fingerprint density at radius 3 is 3.00 bits per heavy atom. The summed E-state index contributed by atoms with van der Waals surface area (Å²) in [5.41, 5.74) is 0. The Morgan fingerprint density at radius 1 is 1.60 bits per heavy atom. The van der Waals surface area contributed by atoms with Gasteiger partial charge >= 0.3 is 5.97 Å². The maximum Gasteiger partial charge on any atom is 0.330 e. The van der Waals surface area contributed by atoms with Gasteiger partial charge in [-0.1, -0.05) is 17.8 Å². The molecule has 1 aromatic rings. The first-order chi connectivity index (χ1) is 7.22. The van der Waals surface area contributed by atoms with Gasteiger partial charge in [0.05, 0.1) is 6.61 Å². The fraction of sp³-hybridized carbons (Fsp3) is 0.444. The van der Waals surface area contributed by atoms with E-state index >= 15 is 0 Å². The molecular weight excluding hydrogens is 216 g/mol. The lowest BCUT2D eigenvalue weighted by Crippen LogP contribution is -1.98. The molecule has 0 spiro atoms. The van der Waals surface area contributed by atoms with Gasteiger partial charge in [0.25, 0.3) is 5.22 Å². The first kappa shape index (κ1) is 11.8. The molecule has 0 aliphatic carbocycles. The number of carbonyl (C=O) groups excluding carboxylic acids is 1. The summed E-state index contributed by atoms with van der Waals surface area (Å²) < 4.78 is 9.84. The van der Waals surface area contributed by atoms with Gasteiger partial charge in [0, 0.05) is 18.8 Å². The molecule has 5 nitrogen and oxygen atoms in total. The highest BCUT2D eigenvalue weighted by Crippen LogP contribution is 2.15. The molecule has 15 heavy (non-hydrogen) atoms. The Bertz CT molecular complexity index is 349. The summed E-state index contributed by atoms with van der Waals surface area (Å²) in [6, 6.07) is 0. The van der Waals surface area contributed by atoms with E-state index in [2.05, 4.69) is 10.2 Å². The van der Waals surface area contributed by atoms with E-state index in [-0.39, 0.29) is 5.97 Å². The van der Waals surface area contributed by atoms with Gasteiger partial charge in [0.2, 0.25) is 5.89 Å². The predicted molar refractivity (Wildman–Crippen MR) is 55.5 cm³/mol. The largest absolute Gasteiger partial charge is 0.463 e. The SMILES string of the molecule is CCOC(=O)/C=C/CSc1nnc(C)o1. The molecule has 1 rings (SSSR count). The molecule has 0 bridgehead atoms. The van der Waals surface area contributed by atoms with Gasteiger partial charge in [-0.05, 0) is 6.92 Å². The maximum absolute atomic E-state index is 10.9. The second-order valence-corrected chi connectivity index (χ2v) is 3.52. The van der Waals surface area contributed by atoms with Crippen molar-refractivity contribution in [2.75, 3.05) is 12.4 Å². The zero-order valence-electron chi connectivity index (χ0n) is 8.60. The van der Waals surface area contributed by atoms with E-state index in [1.807, 2.05) is 0 Å². The number of rotatable bonds is 5. The van der Waals surface area contributed by atoms with Gasteiger partial charge in [-0.3, -0.25) is 0 Å². The van der Waals surface area contributed by atoms with Crippen LogP contribution in [0.5, 0.6) is 0 Å². The van der Waals surface area contributed by atoms with E-state index in [0.29, 0.717) is 23.5 Å². The van der Waals surface area contributed by atoms with Crippen LogP contribution in [0.2, 0.25) is 0 Å². The summed E-state index contributed by atoms with van der Waals surface area (Å²) >= 11 is 1.37. The number of esters is 1. The zero-order chi connectivity index (χ0) is 11.1. The second-order valence-electron chi connectivity index (χ2n) is 2.55. The number of hydrogen-bond acceptors (Lipinski definition) is 6. The smallest absolute Gasteiger partial charge is 0.330 e. The van der Waals surface area contributed by atoms with Crippen LogP contribution in [-0.2, 0) is 9.53 Å². The van der Waals surface area contributed by atoms with Gasteiger partial charge in [0.1, 0.15) is 0 Å². The summed E-state index contributed by atoms with van der Waals surface area (Å²) in [4.78, 5) is 10.9. The lowest BCUT2D eigenvalue weighted by molar-refractivity contribution is -0.137. The van der Waals surface area contributed by atoms with Crippen LogP contribution in [0, 0.1) is 6.92 Å². The van der Waals surface area contributed by atoms with Crippen LogP contribution in [0.3, 0.4) is 0 Å². The van der Waals surface area contributed by atoms with Gasteiger partial charge in [-0.25, -0.2) is 4.79 Å². The van der Waals surface area contributed by atoms with Gasteiger partial charge in [-0.15, -0.1) is 10.2 Å². The van der Waals surface area contributed by atoms with Crippen LogP contribution in [0.4, 0.5) is 0 Å². The zero-order valence-corrected chi connectivity index (χ0v) is 9.41. The van der Waals surface area contributed by atoms with Crippen molar-refractivity contribution in [2.45, 2.75) is 19.1 Å². The van der Waals surface area contributed by atoms with Crippen LogP contribution in [0.25, 0.3) is 0 Å². The third kappa shape index (κ3) is 4.64. The fourth-order valence-electron chi connectivity index (χ4n) is 0.791. The minimum absolute atomic E-state index is 0.334. The third-order valence-corrected chi connectivity index (χ3v) is 2.12. The molecule has 0 aromatic carbocycles. The van der Waals surface area contributed by atoms with Crippen molar-refractivity contribution in [2.24, 2.45) is 0 Å². The standard InChI is InChI=1S/C9H12N2O3S/c1-3-13-8(12)5-4-6-15-9-11-10-7(2)14-9/h4-5H,3,6H2,1-2H3/b5-4+. The van der Waals surface area contributed by atoms with Crippen molar-refractivity contribution in [3.8, 4) is 0 Å². The molecule has 0 aliphatic rings. The van der Waals surface area contributed by atoms with E-state index in [4.69, 9.17) is 9.15 Å². The topological polar surface area (TPSA) is 65.2 Å². The minimum Gasteiger partial charge on any atom is -0.463 e. The Morgan fingerprint density at radius 2 is 2.40 bits per heavy atom. The average Bonchev–Trinajstić information content (AvgIpc) is 2.60. The lowest BCUT2D eigenvalue weighted by Gasteiger charge is -1.93. The number of ether oxygens (including phenoxy) is 1. The van der Waals surface area contributed by atoms with Crippen LogP contribution < -0.4 is 0 Å². The number of thioether (sulfide) groups is 1. The first-order valence-corrected chi connectivity index (χ1v) is 5.47. The average molecular weight is 228 g/mol. The molecule has 0 radical (unpaired) electrons. The number of hydrogen-bond donors (Lipinski definition) is 0. The lowest BCUT2D eigenvalue weighted by atomic mass is 10.5. The molecular formula is C9H12N2O3S. The van der Waals surface area contributed by atoms with E-state index < -0.39 is 0 Å². The summed E-state index contributed by atoms with van der Waals surface area (Å²) in [6.07, 6.45) is 3.09. The molecule has 0 N–H and O–H groups in total. The summed E-state index contributed by atoms with van der Waals surface area (Å²) in [6.45, 7) is 3.88. The Hall–Kier alpha value is -1.30. The van der Waals surface area contributed by atoms with Gasteiger partial charge < -0.3 is 9.15 Å². The molecule has 0 unspecified atom stereocenters. The van der Waals surface area contributed by atoms with E-state index in [9.17, 15) is 4.79 Å². The molecule has 0 atom stereocenters. The van der Waals surface area contributed by atoms with Crippen LogP contribution in [0.15, 0.2) is 21.8 Å². The molecule has 0 saturated carbocycles. The van der Waals surface area contributed by atoms with Crippen molar-refractivity contribution in [3.63, 3.8) is 0 Å². The van der Waals surface area contributed by atoms with Gasteiger partial charge in [-0.2, -0.15) is 0 Å². The van der Waals surface area contributed by atoms with Crippen molar-refractivity contribution in [3.05, 3.63) is 18.0 Å². The van der Waals surface area contributed by atoms with Crippen molar-refractivity contribution < 1.29 is 13.9 Å². The fourth-order valence-corrected chi connectivity index (χ4v) is 1.40. The van der Waals surface area contributed by atoms with E-state index in [0.717, 1.165) is 0 Å². The summed E-state index contributed by atoms with van der Waals surface area (Å²) in [5.74, 6) is 0.798. The summed E-state index contributed by atoms with van der Waals surface area (Å²) in [5, 5.41) is 7.97. The quantitative estimate of drug-likeness (QED) is 0.433. The Labute approximate surface area is 91.9 Å². The molecule has 82 valence electrons. The number of aryl methyl sites for hydroxylation is 1. The Balaban J connectivity index is 2.24. The van der Waals surface area contributed by atoms with Crippen molar-refractivity contribution in [1.82, 2.24) is 10.2 Å². The van der Waals surface area contributed by atoms with Crippen LogP contribution >= 0.6 is 11.8 Å². The number of nitrogens with zero attached hydrogens (tertiary/aromatic N) is 2. The van der Waals surface area contributed by atoms with Crippen molar-refractivity contribution in [1.29, 1.82) is 0 Å². The van der Waals surface area contributed by atoms with Crippen molar-refractivity contribution >= 4 is 17.7 Å².